The summed E-state index contributed by atoms with van der Waals surface area (Å²) in [5, 5.41) is 0. The molecule has 17 heavy (non-hydrogen) atoms. The van der Waals surface area contributed by atoms with Crippen LogP contribution in [0.5, 0.6) is 5.75 Å². The minimum Gasteiger partial charge on any atom is -0.497 e. The quantitative estimate of drug-likeness (QED) is 0.675. The van der Waals surface area contributed by atoms with Crippen molar-refractivity contribution in [3.8, 4) is 5.75 Å². The number of hydrogen-bond donors (Lipinski definition) is 0. The molecule has 0 saturated heterocycles. The van der Waals surface area contributed by atoms with Crippen molar-refractivity contribution in [1.29, 1.82) is 0 Å². The average molecular weight is 228 g/mol. The summed E-state index contributed by atoms with van der Waals surface area (Å²) < 4.78 is 5.12. The van der Waals surface area contributed by atoms with E-state index in [4.69, 9.17) is 4.74 Å². The Hall–Kier alpha value is -1.76. The summed E-state index contributed by atoms with van der Waals surface area (Å²) in [7, 11) is 1.68. The maximum absolute atomic E-state index is 5.12. The molecule has 1 aromatic carbocycles. The van der Waals surface area contributed by atoms with Crippen molar-refractivity contribution in [3.63, 3.8) is 0 Å². The van der Waals surface area contributed by atoms with Gasteiger partial charge in [0, 0.05) is 0 Å². The van der Waals surface area contributed by atoms with Gasteiger partial charge in [0.05, 0.1) is 7.11 Å². The molecule has 90 valence electrons. The van der Waals surface area contributed by atoms with Crippen LogP contribution in [-0.2, 0) is 0 Å². The summed E-state index contributed by atoms with van der Waals surface area (Å²) in [6, 6.07) is 8.01. The molecule has 1 aromatic rings. The molecule has 1 rings (SSSR count). The van der Waals surface area contributed by atoms with Crippen LogP contribution in [-0.4, -0.2) is 7.11 Å². The van der Waals surface area contributed by atoms with Crippen LogP contribution in [0.15, 0.2) is 54.6 Å². The third-order valence-corrected chi connectivity index (χ3v) is 2.56. The molecule has 0 unspecified atom stereocenters. The Balaban J connectivity index is 2.81. The van der Waals surface area contributed by atoms with Crippen LogP contribution in [0, 0.1) is 5.92 Å². The van der Waals surface area contributed by atoms with Crippen molar-refractivity contribution in [2.45, 2.75) is 13.8 Å². The van der Waals surface area contributed by atoms with Gasteiger partial charge in [0.15, 0.2) is 0 Å². The average Bonchev–Trinajstić information content (AvgIpc) is 2.34. The number of ether oxygens (including phenoxy) is 1. The number of methoxy groups -OCH3 is 1. The Labute approximate surface area is 104 Å². The standard InChI is InChI=1S/C16H20O/c1-5-6-15(13(2)3)10-7-14-8-11-16(17-4)12-9-14/h5-13H,1H2,2-4H3/b10-7-,15-6+. The first kappa shape index (κ1) is 13.3. The molecule has 0 spiro atoms. The number of benzene rings is 1. The monoisotopic (exact) mass is 228 g/mol. The molecule has 0 radical (unpaired) electrons. The first-order valence-electron chi connectivity index (χ1n) is 5.82. The van der Waals surface area contributed by atoms with E-state index in [1.807, 2.05) is 36.4 Å². The summed E-state index contributed by atoms with van der Waals surface area (Å²) in [6.07, 6.45) is 8.11. The van der Waals surface area contributed by atoms with Gasteiger partial charge in [-0.05, 0) is 29.2 Å². The van der Waals surface area contributed by atoms with Gasteiger partial charge in [-0.1, -0.05) is 56.9 Å². The van der Waals surface area contributed by atoms with Crippen LogP contribution >= 0.6 is 0 Å². The van der Waals surface area contributed by atoms with Crippen LogP contribution < -0.4 is 4.74 Å². The second kappa shape index (κ2) is 6.74. The molecular formula is C16H20O. The smallest absolute Gasteiger partial charge is 0.118 e. The van der Waals surface area contributed by atoms with E-state index in [-0.39, 0.29) is 0 Å². The van der Waals surface area contributed by atoms with Gasteiger partial charge in [-0.25, -0.2) is 0 Å². The van der Waals surface area contributed by atoms with Gasteiger partial charge in [0.25, 0.3) is 0 Å². The lowest BCUT2D eigenvalue weighted by molar-refractivity contribution is 0.415. The Morgan fingerprint density at radius 3 is 2.35 bits per heavy atom. The lowest BCUT2D eigenvalue weighted by Gasteiger charge is -2.05. The Bertz CT molecular complexity index is 408. The molecule has 0 aromatic heterocycles. The summed E-state index contributed by atoms with van der Waals surface area (Å²) in [5.74, 6) is 1.38. The lowest BCUT2D eigenvalue weighted by atomic mass is 10.0. The maximum Gasteiger partial charge on any atom is 0.118 e. The molecule has 1 nitrogen and oxygen atoms in total. The van der Waals surface area contributed by atoms with Crippen molar-refractivity contribution in [2.75, 3.05) is 7.11 Å². The van der Waals surface area contributed by atoms with Crippen molar-refractivity contribution >= 4 is 6.08 Å². The second-order valence-electron chi connectivity index (χ2n) is 4.16. The van der Waals surface area contributed by atoms with Gasteiger partial charge < -0.3 is 4.74 Å². The minimum atomic E-state index is 0.502. The fourth-order valence-corrected chi connectivity index (χ4v) is 1.48. The third-order valence-electron chi connectivity index (χ3n) is 2.56. The largest absolute Gasteiger partial charge is 0.497 e. The molecule has 0 amide bonds. The molecule has 0 fully saturated rings. The zero-order valence-corrected chi connectivity index (χ0v) is 10.8. The topological polar surface area (TPSA) is 9.23 Å². The minimum absolute atomic E-state index is 0.502. The summed E-state index contributed by atoms with van der Waals surface area (Å²) in [6.45, 7) is 8.08. The molecule has 0 saturated carbocycles. The summed E-state index contributed by atoms with van der Waals surface area (Å²) >= 11 is 0. The SMILES string of the molecule is C=C/C=C(\C=C/c1ccc(OC)cc1)C(C)C. The first-order chi connectivity index (χ1) is 8.17. The Morgan fingerprint density at radius 2 is 1.88 bits per heavy atom. The van der Waals surface area contributed by atoms with E-state index < -0.39 is 0 Å². The second-order valence-corrected chi connectivity index (χ2v) is 4.16. The third kappa shape index (κ3) is 4.31. The van der Waals surface area contributed by atoms with Crippen molar-refractivity contribution < 1.29 is 4.74 Å². The number of rotatable bonds is 5. The highest BCUT2D eigenvalue weighted by atomic mass is 16.5. The van der Waals surface area contributed by atoms with E-state index in [1.165, 1.54) is 11.1 Å². The summed E-state index contributed by atoms with van der Waals surface area (Å²) in [4.78, 5) is 0. The predicted molar refractivity (Wildman–Crippen MR) is 75.1 cm³/mol. The fourth-order valence-electron chi connectivity index (χ4n) is 1.48. The van der Waals surface area contributed by atoms with Crippen LogP contribution in [0.4, 0.5) is 0 Å². The van der Waals surface area contributed by atoms with Crippen molar-refractivity contribution in [2.24, 2.45) is 5.92 Å². The van der Waals surface area contributed by atoms with Gasteiger partial charge in [-0.2, -0.15) is 0 Å². The van der Waals surface area contributed by atoms with E-state index in [9.17, 15) is 0 Å². The van der Waals surface area contributed by atoms with Crippen molar-refractivity contribution in [1.82, 2.24) is 0 Å². The maximum atomic E-state index is 5.12. The molecule has 0 aliphatic rings. The Morgan fingerprint density at radius 1 is 1.24 bits per heavy atom. The van der Waals surface area contributed by atoms with E-state index in [0.717, 1.165) is 5.75 Å². The van der Waals surface area contributed by atoms with E-state index in [1.54, 1.807) is 7.11 Å². The molecule has 0 atom stereocenters. The zero-order chi connectivity index (χ0) is 12.7. The van der Waals surface area contributed by atoms with Crippen LogP contribution in [0.25, 0.3) is 6.08 Å². The van der Waals surface area contributed by atoms with E-state index >= 15 is 0 Å². The van der Waals surface area contributed by atoms with Gasteiger partial charge in [0.2, 0.25) is 0 Å². The molecule has 0 aliphatic carbocycles. The van der Waals surface area contributed by atoms with Crippen LogP contribution in [0.1, 0.15) is 19.4 Å². The number of allylic oxidation sites excluding steroid dienone is 4. The van der Waals surface area contributed by atoms with E-state index in [0.29, 0.717) is 5.92 Å². The van der Waals surface area contributed by atoms with Gasteiger partial charge in [-0.3, -0.25) is 0 Å². The van der Waals surface area contributed by atoms with Gasteiger partial charge >= 0.3 is 0 Å². The lowest BCUT2D eigenvalue weighted by Crippen LogP contribution is -1.89. The van der Waals surface area contributed by atoms with Gasteiger partial charge in [-0.15, -0.1) is 0 Å². The molecule has 1 heteroatoms. The number of hydrogen-bond acceptors (Lipinski definition) is 1. The van der Waals surface area contributed by atoms with Crippen molar-refractivity contribution in [3.05, 3.63) is 60.2 Å². The molecular weight excluding hydrogens is 208 g/mol. The molecule has 0 N–H and O–H groups in total. The highest BCUT2D eigenvalue weighted by molar-refractivity contribution is 5.54. The van der Waals surface area contributed by atoms with E-state index in [2.05, 4.69) is 32.6 Å². The molecule has 0 bridgehead atoms. The normalized spacial score (nSPS) is 12.1. The van der Waals surface area contributed by atoms with Gasteiger partial charge in [0.1, 0.15) is 5.75 Å². The fraction of sp³-hybridized carbons (Fsp3) is 0.250. The highest BCUT2D eigenvalue weighted by Crippen LogP contribution is 2.16. The van der Waals surface area contributed by atoms with Crippen LogP contribution in [0.3, 0.4) is 0 Å². The zero-order valence-electron chi connectivity index (χ0n) is 10.8. The predicted octanol–water partition coefficient (Wildman–Crippen LogP) is 4.48. The highest BCUT2D eigenvalue weighted by Gasteiger charge is 1.97. The van der Waals surface area contributed by atoms with Crippen LogP contribution in [0.2, 0.25) is 0 Å². The first-order valence-corrected chi connectivity index (χ1v) is 5.82. The summed E-state index contributed by atoms with van der Waals surface area (Å²) in [5.41, 5.74) is 2.44. The molecule has 0 heterocycles. The Kier molecular flexibility index (Phi) is 5.28. The molecule has 0 aliphatic heterocycles.